The van der Waals surface area contributed by atoms with Crippen LogP contribution in [-0.2, 0) is 26.2 Å². The number of carbonyl (C=O) groups excluding carboxylic acids is 2. The third-order valence-corrected chi connectivity index (χ3v) is 8.79. The molecule has 9 nitrogen and oxygen atoms in total. The van der Waals surface area contributed by atoms with Crippen molar-refractivity contribution < 1.29 is 31.9 Å². The molecule has 0 saturated heterocycles. The van der Waals surface area contributed by atoms with Gasteiger partial charge in [0, 0.05) is 23.7 Å². The van der Waals surface area contributed by atoms with E-state index in [9.17, 15) is 22.4 Å². The fourth-order valence-electron chi connectivity index (χ4n) is 4.07. The quantitative estimate of drug-likeness (QED) is 0.288. The van der Waals surface area contributed by atoms with Crippen molar-refractivity contribution in [1.82, 2.24) is 10.2 Å². The summed E-state index contributed by atoms with van der Waals surface area (Å²) in [7, 11) is -1.60. The molecule has 2 atom stereocenters. The normalized spacial score (nSPS) is 12.6. The molecular weight excluding hydrogens is 585 g/mol. The Balaban J connectivity index is 2.06. The second kappa shape index (κ2) is 14.4. The van der Waals surface area contributed by atoms with E-state index in [1.54, 1.807) is 31.2 Å². The first kappa shape index (κ1) is 32.7. The minimum absolute atomic E-state index is 0.0127. The van der Waals surface area contributed by atoms with Gasteiger partial charge in [-0.25, -0.2) is 12.8 Å². The number of rotatable bonds is 13. The number of nitrogens with zero attached hydrogens (tertiary/aromatic N) is 2. The molecule has 3 aromatic rings. The summed E-state index contributed by atoms with van der Waals surface area (Å²) in [6, 6.07) is 14.5. The predicted molar refractivity (Wildman–Crippen MR) is 160 cm³/mol. The number of carbonyl (C=O) groups is 2. The summed E-state index contributed by atoms with van der Waals surface area (Å²) >= 11 is 6.03. The molecule has 0 unspecified atom stereocenters. The van der Waals surface area contributed by atoms with Crippen LogP contribution in [0, 0.1) is 5.82 Å². The molecule has 0 aromatic heterocycles. The summed E-state index contributed by atoms with van der Waals surface area (Å²) in [4.78, 5) is 28.2. The molecule has 0 aliphatic rings. The Kier molecular flexibility index (Phi) is 11.2. The number of nitrogens with one attached hydrogen (secondary N) is 1. The third-order valence-electron chi connectivity index (χ3n) is 6.77. The van der Waals surface area contributed by atoms with E-state index in [4.69, 9.17) is 21.1 Å². The number of benzene rings is 3. The van der Waals surface area contributed by atoms with E-state index in [0.717, 1.165) is 16.4 Å². The number of halogens is 2. The molecule has 0 radical (unpaired) electrons. The molecule has 0 fully saturated rings. The molecule has 0 bridgehead atoms. The zero-order chi connectivity index (χ0) is 31.0. The molecule has 12 heteroatoms. The van der Waals surface area contributed by atoms with Crippen LogP contribution in [0.5, 0.6) is 11.5 Å². The van der Waals surface area contributed by atoms with E-state index in [-0.39, 0.29) is 34.8 Å². The van der Waals surface area contributed by atoms with Gasteiger partial charge in [-0.15, -0.1) is 0 Å². The molecule has 42 heavy (non-hydrogen) atoms. The summed E-state index contributed by atoms with van der Waals surface area (Å²) in [6.45, 7) is 4.69. The Morgan fingerprint density at radius 1 is 0.952 bits per heavy atom. The lowest BCUT2D eigenvalue weighted by atomic mass is 10.1. The van der Waals surface area contributed by atoms with Gasteiger partial charge in [0.05, 0.1) is 24.8 Å². The molecule has 0 saturated carbocycles. The van der Waals surface area contributed by atoms with Gasteiger partial charge >= 0.3 is 0 Å². The molecule has 0 heterocycles. The lowest BCUT2D eigenvalue weighted by Gasteiger charge is -2.32. The number of sulfonamides is 1. The van der Waals surface area contributed by atoms with Crippen molar-refractivity contribution in [2.75, 3.05) is 25.1 Å². The van der Waals surface area contributed by atoms with Gasteiger partial charge in [0.2, 0.25) is 11.8 Å². The predicted octanol–water partition coefficient (Wildman–Crippen LogP) is 5.02. The first-order chi connectivity index (χ1) is 19.9. The van der Waals surface area contributed by atoms with Crippen molar-refractivity contribution in [3.8, 4) is 11.5 Å². The highest BCUT2D eigenvalue weighted by atomic mass is 35.5. The van der Waals surface area contributed by atoms with Crippen molar-refractivity contribution in [2.24, 2.45) is 0 Å². The number of methoxy groups -OCH3 is 2. The van der Waals surface area contributed by atoms with E-state index in [2.05, 4.69) is 5.32 Å². The van der Waals surface area contributed by atoms with Gasteiger partial charge in [-0.2, -0.15) is 0 Å². The molecule has 226 valence electrons. The van der Waals surface area contributed by atoms with Crippen molar-refractivity contribution in [3.63, 3.8) is 0 Å². The molecule has 0 aliphatic carbocycles. The fraction of sp³-hybridized carbons (Fsp3) is 0.333. The second-order valence-electron chi connectivity index (χ2n) is 9.65. The van der Waals surface area contributed by atoms with E-state index in [1.807, 2.05) is 13.8 Å². The van der Waals surface area contributed by atoms with E-state index in [0.29, 0.717) is 22.8 Å². The lowest BCUT2D eigenvalue weighted by Crippen LogP contribution is -2.52. The van der Waals surface area contributed by atoms with Gasteiger partial charge in [-0.05, 0) is 74.4 Å². The first-order valence-electron chi connectivity index (χ1n) is 13.3. The Hall–Kier alpha value is -3.83. The highest BCUT2D eigenvalue weighted by Crippen LogP contribution is 2.32. The second-order valence-corrected chi connectivity index (χ2v) is 11.9. The van der Waals surface area contributed by atoms with Crippen LogP contribution in [0.2, 0.25) is 5.02 Å². The Labute approximate surface area is 251 Å². The fourth-order valence-corrected chi connectivity index (χ4v) is 5.63. The SMILES string of the molecule is CC[C@@H](C)NC(=O)[C@@H](C)N(Cc1ccc(Cl)cc1)C(=O)CN(c1ccc(F)cc1)S(=O)(=O)c1ccc(OC)c(OC)c1. The summed E-state index contributed by atoms with van der Waals surface area (Å²) in [6.07, 6.45) is 0.686. The Bertz CT molecular complexity index is 1490. The Morgan fingerprint density at radius 3 is 2.14 bits per heavy atom. The number of anilines is 1. The van der Waals surface area contributed by atoms with Gasteiger partial charge < -0.3 is 19.7 Å². The highest BCUT2D eigenvalue weighted by Gasteiger charge is 2.33. The molecular formula is C30H35ClFN3O6S. The van der Waals surface area contributed by atoms with Crippen LogP contribution in [0.15, 0.2) is 71.6 Å². The highest BCUT2D eigenvalue weighted by molar-refractivity contribution is 7.92. The van der Waals surface area contributed by atoms with Gasteiger partial charge in [0.1, 0.15) is 18.4 Å². The Morgan fingerprint density at radius 2 is 1.57 bits per heavy atom. The van der Waals surface area contributed by atoms with Gasteiger partial charge in [0.15, 0.2) is 11.5 Å². The largest absolute Gasteiger partial charge is 0.493 e. The molecule has 2 amide bonds. The van der Waals surface area contributed by atoms with Crippen molar-refractivity contribution >= 4 is 39.1 Å². The minimum Gasteiger partial charge on any atom is -0.493 e. The van der Waals surface area contributed by atoms with Crippen LogP contribution in [0.1, 0.15) is 32.8 Å². The maximum atomic E-state index is 14.0. The van der Waals surface area contributed by atoms with Crippen molar-refractivity contribution in [3.05, 3.63) is 83.1 Å². The summed E-state index contributed by atoms with van der Waals surface area (Å²) in [5.74, 6) is -1.12. The van der Waals surface area contributed by atoms with E-state index in [1.165, 1.54) is 49.5 Å². The molecule has 3 aromatic carbocycles. The summed E-state index contributed by atoms with van der Waals surface area (Å²) in [5, 5.41) is 3.38. The molecule has 1 N–H and O–H groups in total. The monoisotopic (exact) mass is 619 g/mol. The van der Waals surface area contributed by atoms with E-state index >= 15 is 0 Å². The summed E-state index contributed by atoms with van der Waals surface area (Å²) in [5.41, 5.74) is 0.745. The number of hydrogen-bond donors (Lipinski definition) is 1. The molecule has 0 aliphatic heterocycles. The number of amides is 2. The minimum atomic E-state index is -4.39. The van der Waals surface area contributed by atoms with Crippen LogP contribution in [0.4, 0.5) is 10.1 Å². The maximum absolute atomic E-state index is 14.0. The molecule has 3 rings (SSSR count). The van der Waals surface area contributed by atoms with Gasteiger partial charge in [-0.3, -0.25) is 13.9 Å². The van der Waals surface area contributed by atoms with Crippen LogP contribution in [0.25, 0.3) is 0 Å². The van der Waals surface area contributed by atoms with Crippen molar-refractivity contribution in [2.45, 2.75) is 50.7 Å². The van der Waals surface area contributed by atoms with Crippen LogP contribution in [-0.4, -0.2) is 58.0 Å². The standard InChI is InChI=1S/C30H35ClFN3O6S/c1-6-20(2)33-30(37)21(3)34(18-22-7-9-23(31)10-8-22)29(36)19-35(25-13-11-24(32)12-14-25)42(38,39)26-15-16-27(40-4)28(17-26)41-5/h7-17,20-21H,6,18-19H2,1-5H3,(H,33,37)/t20-,21-/m1/s1. The average molecular weight is 620 g/mol. The zero-order valence-electron chi connectivity index (χ0n) is 24.1. The maximum Gasteiger partial charge on any atom is 0.264 e. The third kappa shape index (κ3) is 7.92. The van der Waals surface area contributed by atoms with Crippen LogP contribution in [0.3, 0.4) is 0 Å². The zero-order valence-corrected chi connectivity index (χ0v) is 25.7. The number of ether oxygens (including phenoxy) is 2. The smallest absolute Gasteiger partial charge is 0.264 e. The lowest BCUT2D eigenvalue weighted by molar-refractivity contribution is -0.139. The molecule has 0 spiro atoms. The number of hydrogen-bond acceptors (Lipinski definition) is 6. The summed E-state index contributed by atoms with van der Waals surface area (Å²) < 4.78 is 53.2. The van der Waals surface area contributed by atoms with Crippen LogP contribution >= 0.6 is 11.6 Å². The van der Waals surface area contributed by atoms with E-state index < -0.39 is 34.3 Å². The van der Waals surface area contributed by atoms with Gasteiger partial charge in [-0.1, -0.05) is 30.7 Å². The van der Waals surface area contributed by atoms with Crippen molar-refractivity contribution in [1.29, 1.82) is 0 Å². The van der Waals surface area contributed by atoms with Gasteiger partial charge in [0.25, 0.3) is 10.0 Å². The average Bonchev–Trinajstić information content (AvgIpc) is 2.98. The first-order valence-corrected chi connectivity index (χ1v) is 15.1. The van der Waals surface area contributed by atoms with Crippen LogP contribution < -0.4 is 19.1 Å². The topological polar surface area (TPSA) is 105 Å².